The Morgan fingerprint density at radius 1 is 0.962 bits per heavy atom. The van der Waals surface area contributed by atoms with Gasteiger partial charge in [-0.3, -0.25) is 4.72 Å². The molecule has 1 N–H and O–H groups in total. The van der Waals surface area contributed by atoms with Crippen molar-refractivity contribution in [3.8, 4) is 11.6 Å². The van der Waals surface area contributed by atoms with Crippen molar-refractivity contribution < 1.29 is 17.5 Å². The second-order valence-electron chi connectivity index (χ2n) is 5.65. The standard InChI is InChI=1S/C18H16FN3O3S/c1-12-3-5-14(19)11-17(12)26(23,24)22-15-6-8-16(9-7-15)25-18-10-4-13(2)20-21-18/h3-11,22H,1-2H3. The molecule has 0 aliphatic carbocycles. The van der Waals surface area contributed by atoms with Crippen LogP contribution in [0.15, 0.2) is 59.5 Å². The van der Waals surface area contributed by atoms with Crippen molar-refractivity contribution >= 4 is 15.7 Å². The van der Waals surface area contributed by atoms with E-state index in [1.807, 2.05) is 6.92 Å². The lowest BCUT2D eigenvalue weighted by molar-refractivity contribution is 0.454. The molecule has 3 aromatic rings. The van der Waals surface area contributed by atoms with Gasteiger partial charge in [0, 0.05) is 11.8 Å². The quantitative estimate of drug-likeness (QED) is 0.735. The van der Waals surface area contributed by atoms with Gasteiger partial charge in [-0.05, 0) is 61.9 Å². The second kappa shape index (κ2) is 7.09. The summed E-state index contributed by atoms with van der Waals surface area (Å²) in [7, 11) is -3.90. The number of hydrogen-bond acceptors (Lipinski definition) is 5. The van der Waals surface area contributed by atoms with Crippen LogP contribution >= 0.6 is 0 Å². The van der Waals surface area contributed by atoms with Gasteiger partial charge in [-0.1, -0.05) is 6.07 Å². The molecular formula is C18H16FN3O3S. The van der Waals surface area contributed by atoms with Crippen LogP contribution in [0.1, 0.15) is 11.3 Å². The maximum absolute atomic E-state index is 13.4. The Hall–Kier alpha value is -3.00. The molecule has 0 aliphatic rings. The van der Waals surface area contributed by atoms with E-state index in [2.05, 4.69) is 14.9 Å². The van der Waals surface area contributed by atoms with Gasteiger partial charge in [-0.2, -0.15) is 5.10 Å². The number of sulfonamides is 1. The molecule has 0 spiro atoms. The summed E-state index contributed by atoms with van der Waals surface area (Å²) in [5, 5.41) is 7.79. The lowest BCUT2D eigenvalue weighted by Gasteiger charge is -2.11. The maximum atomic E-state index is 13.4. The normalized spacial score (nSPS) is 11.2. The van der Waals surface area contributed by atoms with Gasteiger partial charge < -0.3 is 4.74 Å². The van der Waals surface area contributed by atoms with Crippen molar-refractivity contribution in [1.82, 2.24) is 10.2 Å². The van der Waals surface area contributed by atoms with Gasteiger partial charge in [0.2, 0.25) is 5.88 Å². The zero-order valence-corrected chi connectivity index (χ0v) is 14.9. The molecule has 0 fully saturated rings. The predicted octanol–water partition coefficient (Wildman–Crippen LogP) is 3.83. The Morgan fingerprint density at radius 2 is 1.69 bits per heavy atom. The minimum Gasteiger partial charge on any atom is -0.438 e. The Balaban J connectivity index is 1.76. The third-order valence-electron chi connectivity index (χ3n) is 3.54. The first-order chi connectivity index (χ1) is 12.3. The Morgan fingerprint density at radius 3 is 2.35 bits per heavy atom. The van der Waals surface area contributed by atoms with Gasteiger partial charge in [0.15, 0.2) is 0 Å². The molecular weight excluding hydrogens is 357 g/mol. The number of halogens is 1. The molecule has 6 nitrogen and oxygen atoms in total. The number of nitrogens with one attached hydrogen (secondary N) is 1. The fourth-order valence-electron chi connectivity index (χ4n) is 2.23. The number of hydrogen-bond donors (Lipinski definition) is 1. The van der Waals surface area contributed by atoms with Crippen LogP contribution in [0, 0.1) is 19.7 Å². The minimum absolute atomic E-state index is 0.104. The second-order valence-corrected chi connectivity index (χ2v) is 7.31. The van der Waals surface area contributed by atoms with Crippen LogP contribution in [0.25, 0.3) is 0 Å². The fraction of sp³-hybridized carbons (Fsp3) is 0.111. The highest BCUT2D eigenvalue weighted by Gasteiger charge is 2.17. The van der Waals surface area contributed by atoms with Gasteiger partial charge in [-0.15, -0.1) is 5.10 Å². The number of rotatable bonds is 5. The average Bonchev–Trinajstić information content (AvgIpc) is 2.60. The van der Waals surface area contributed by atoms with Crippen molar-refractivity contribution in [3.63, 3.8) is 0 Å². The number of ether oxygens (including phenoxy) is 1. The summed E-state index contributed by atoms with van der Waals surface area (Å²) in [5.41, 5.74) is 1.56. The first-order valence-electron chi connectivity index (χ1n) is 7.71. The molecule has 0 saturated carbocycles. The highest BCUT2D eigenvalue weighted by atomic mass is 32.2. The molecule has 26 heavy (non-hydrogen) atoms. The molecule has 0 unspecified atom stereocenters. The van der Waals surface area contributed by atoms with E-state index < -0.39 is 15.8 Å². The van der Waals surface area contributed by atoms with Gasteiger partial charge in [0.05, 0.1) is 10.6 Å². The molecule has 0 atom stereocenters. The molecule has 134 valence electrons. The van der Waals surface area contributed by atoms with Crippen LogP contribution in [0.3, 0.4) is 0 Å². The summed E-state index contributed by atoms with van der Waals surface area (Å²) < 4.78 is 46.3. The van der Waals surface area contributed by atoms with Crippen molar-refractivity contribution in [3.05, 3.63) is 71.7 Å². The lowest BCUT2D eigenvalue weighted by atomic mass is 10.2. The van der Waals surface area contributed by atoms with Crippen molar-refractivity contribution in [2.45, 2.75) is 18.7 Å². The lowest BCUT2D eigenvalue weighted by Crippen LogP contribution is -2.14. The van der Waals surface area contributed by atoms with Crippen molar-refractivity contribution in [2.75, 3.05) is 4.72 Å². The summed E-state index contributed by atoms with van der Waals surface area (Å²) in [4.78, 5) is -0.104. The van der Waals surface area contributed by atoms with E-state index in [0.717, 1.165) is 11.8 Å². The Labute approximate surface area is 150 Å². The average molecular weight is 373 g/mol. The summed E-state index contributed by atoms with van der Waals surface area (Å²) in [6, 6.07) is 13.4. The number of aryl methyl sites for hydroxylation is 2. The minimum atomic E-state index is -3.90. The van der Waals surface area contributed by atoms with Crippen LogP contribution in [-0.4, -0.2) is 18.6 Å². The Kier molecular flexibility index (Phi) is 4.85. The molecule has 0 amide bonds. The van der Waals surface area contributed by atoms with Crippen molar-refractivity contribution in [1.29, 1.82) is 0 Å². The van der Waals surface area contributed by atoms with E-state index in [0.29, 0.717) is 22.9 Å². The summed E-state index contributed by atoms with van der Waals surface area (Å²) in [6.07, 6.45) is 0. The monoisotopic (exact) mass is 373 g/mol. The smallest absolute Gasteiger partial charge is 0.262 e. The molecule has 0 saturated heterocycles. The number of benzene rings is 2. The summed E-state index contributed by atoms with van der Waals surface area (Å²) in [5.74, 6) is 0.200. The first-order valence-corrected chi connectivity index (χ1v) is 9.19. The molecule has 0 aliphatic heterocycles. The van der Waals surface area contributed by atoms with Gasteiger partial charge >= 0.3 is 0 Å². The summed E-state index contributed by atoms with van der Waals surface area (Å²) in [6.45, 7) is 3.42. The maximum Gasteiger partial charge on any atom is 0.262 e. The SMILES string of the molecule is Cc1ccc(Oc2ccc(NS(=O)(=O)c3cc(F)ccc3C)cc2)nn1. The van der Waals surface area contributed by atoms with Crippen LogP contribution in [0.2, 0.25) is 0 Å². The van der Waals surface area contributed by atoms with E-state index in [-0.39, 0.29) is 4.90 Å². The van der Waals surface area contributed by atoms with Gasteiger partial charge in [0.1, 0.15) is 11.6 Å². The molecule has 8 heteroatoms. The number of aromatic nitrogens is 2. The first kappa shape index (κ1) is 17.8. The van der Waals surface area contributed by atoms with Gasteiger partial charge in [-0.25, -0.2) is 12.8 Å². The van der Waals surface area contributed by atoms with E-state index in [4.69, 9.17) is 4.74 Å². The van der Waals surface area contributed by atoms with Crippen LogP contribution in [0.4, 0.5) is 10.1 Å². The molecule has 1 aromatic heterocycles. The van der Waals surface area contributed by atoms with E-state index in [1.54, 1.807) is 43.3 Å². The molecule has 2 aromatic carbocycles. The molecule has 3 rings (SSSR count). The number of nitrogens with zero attached hydrogens (tertiary/aromatic N) is 2. The van der Waals surface area contributed by atoms with Crippen LogP contribution in [0.5, 0.6) is 11.6 Å². The molecule has 0 radical (unpaired) electrons. The zero-order valence-electron chi connectivity index (χ0n) is 14.1. The predicted molar refractivity (Wildman–Crippen MR) is 95.2 cm³/mol. The van der Waals surface area contributed by atoms with Gasteiger partial charge in [0.25, 0.3) is 10.0 Å². The molecule has 0 bridgehead atoms. The summed E-state index contributed by atoms with van der Waals surface area (Å²) >= 11 is 0. The Bertz CT molecular complexity index is 1020. The third-order valence-corrected chi connectivity index (χ3v) is 5.07. The third kappa shape index (κ3) is 4.15. The van der Waals surface area contributed by atoms with E-state index in [9.17, 15) is 12.8 Å². The zero-order chi connectivity index (χ0) is 18.7. The van der Waals surface area contributed by atoms with E-state index >= 15 is 0 Å². The van der Waals surface area contributed by atoms with E-state index in [1.165, 1.54) is 12.1 Å². The fourth-order valence-corrected chi connectivity index (χ4v) is 3.54. The number of anilines is 1. The molecule has 1 heterocycles. The van der Waals surface area contributed by atoms with Crippen molar-refractivity contribution in [2.24, 2.45) is 0 Å². The highest BCUT2D eigenvalue weighted by molar-refractivity contribution is 7.92. The highest BCUT2D eigenvalue weighted by Crippen LogP contribution is 2.24. The van der Waals surface area contributed by atoms with Crippen LogP contribution < -0.4 is 9.46 Å². The largest absolute Gasteiger partial charge is 0.438 e. The topological polar surface area (TPSA) is 81.2 Å². The van der Waals surface area contributed by atoms with Crippen LogP contribution in [-0.2, 0) is 10.0 Å².